The van der Waals surface area contributed by atoms with Gasteiger partial charge in [-0.15, -0.1) is 0 Å². The number of carbonyl (C=O) groups is 1. The predicted octanol–water partition coefficient (Wildman–Crippen LogP) is 1.60. The van der Waals surface area contributed by atoms with Crippen LogP contribution in [-0.2, 0) is 0 Å². The highest BCUT2D eigenvalue weighted by atomic mass is 35.5. The van der Waals surface area contributed by atoms with Gasteiger partial charge in [0.25, 0.3) is 5.91 Å². The summed E-state index contributed by atoms with van der Waals surface area (Å²) in [5, 5.41) is 1.47. The number of hydrogen-bond donors (Lipinski definition) is 2. The second kappa shape index (κ2) is 8.68. The van der Waals surface area contributed by atoms with E-state index in [4.69, 9.17) is 16.3 Å². The summed E-state index contributed by atoms with van der Waals surface area (Å²) < 4.78 is 5.77. The van der Waals surface area contributed by atoms with Crippen molar-refractivity contribution in [1.82, 2.24) is 9.88 Å². The number of hydrogen-bond acceptors (Lipinski definition) is 3. The van der Waals surface area contributed by atoms with Crippen molar-refractivity contribution in [2.75, 3.05) is 39.3 Å². The molecule has 2 heterocycles. The number of carbonyl (C=O) groups excluding carboxylic acids is 1. The molecule has 29 heavy (non-hydrogen) atoms. The van der Waals surface area contributed by atoms with Crippen molar-refractivity contribution in [2.45, 2.75) is 0 Å². The maximum Gasteiger partial charge on any atom is 0.255 e. The Morgan fingerprint density at radius 2 is 1.83 bits per heavy atom. The molecule has 0 saturated carbocycles. The fourth-order valence-corrected chi connectivity index (χ4v) is 3.80. The van der Waals surface area contributed by atoms with E-state index in [1.165, 1.54) is 11.0 Å². The summed E-state index contributed by atoms with van der Waals surface area (Å²) in [6, 6.07) is 16.2. The van der Waals surface area contributed by atoms with Gasteiger partial charge < -0.3 is 19.5 Å². The number of benzene rings is 2. The SMILES string of the molecule is O=C(c1cc(=O)[nH]c2ccccc12)N1CC[NH+](CCOc2ccc(Cl)cc2)CC1. The zero-order valence-electron chi connectivity index (χ0n) is 16.0. The van der Waals surface area contributed by atoms with Crippen LogP contribution < -0.4 is 15.2 Å². The number of nitrogens with one attached hydrogen (secondary N) is 2. The van der Waals surface area contributed by atoms with E-state index in [2.05, 4.69) is 4.98 Å². The third-order valence-corrected chi connectivity index (χ3v) is 5.53. The van der Waals surface area contributed by atoms with Crippen LogP contribution in [-0.4, -0.2) is 55.1 Å². The Bertz CT molecular complexity index is 1060. The Morgan fingerprint density at radius 1 is 1.10 bits per heavy atom. The fourth-order valence-electron chi connectivity index (χ4n) is 3.67. The first-order chi connectivity index (χ1) is 14.1. The average Bonchev–Trinajstić information content (AvgIpc) is 2.74. The summed E-state index contributed by atoms with van der Waals surface area (Å²) in [5.74, 6) is 0.729. The summed E-state index contributed by atoms with van der Waals surface area (Å²) >= 11 is 5.88. The standard InChI is InChI=1S/C22H22ClN3O3/c23-16-5-7-17(8-6-16)29-14-13-25-9-11-26(12-10-25)22(28)19-15-21(27)24-20-4-2-1-3-18(19)20/h1-8,15H,9-14H2,(H,24,27)/p+1. The van der Waals surface area contributed by atoms with Gasteiger partial charge in [0.15, 0.2) is 0 Å². The smallest absolute Gasteiger partial charge is 0.255 e. The molecule has 1 fully saturated rings. The van der Waals surface area contributed by atoms with Gasteiger partial charge in [-0.25, -0.2) is 0 Å². The topological polar surface area (TPSA) is 66.8 Å². The number of para-hydroxylation sites is 1. The zero-order chi connectivity index (χ0) is 20.2. The van der Waals surface area contributed by atoms with Crippen LogP contribution in [0.15, 0.2) is 59.4 Å². The molecule has 0 bridgehead atoms. The first kappa shape index (κ1) is 19.5. The quantitative estimate of drug-likeness (QED) is 0.669. The van der Waals surface area contributed by atoms with Gasteiger partial charge in [0.05, 0.1) is 31.7 Å². The maximum atomic E-state index is 13.0. The van der Waals surface area contributed by atoms with Gasteiger partial charge in [-0.1, -0.05) is 29.8 Å². The van der Waals surface area contributed by atoms with Crippen molar-refractivity contribution in [3.63, 3.8) is 0 Å². The van der Waals surface area contributed by atoms with Crippen LogP contribution in [0, 0.1) is 0 Å². The van der Waals surface area contributed by atoms with E-state index in [0.717, 1.165) is 30.8 Å². The predicted molar refractivity (Wildman–Crippen MR) is 113 cm³/mol. The number of rotatable bonds is 5. The molecule has 6 nitrogen and oxygen atoms in total. The molecule has 0 radical (unpaired) electrons. The van der Waals surface area contributed by atoms with Crippen LogP contribution in [0.3, 0.4) is 0 Å². The molecule has 1 saturated heterocycles. The van der Waals surface area contributed by atoms with Gasteiger partial charge in [0, 0.05) is 22.0 Å². The van der Waals surface area contributed by atoms with Crippen LogP contribution >= 0.6 is 11.6 Å². The molecule has 4 rings (SSSR count). The van der Waals surface area contributed by atoms with Crippen LogP contribution in [0.4, 0.5) is 0 Å². The molecule has 2 N–H and O–H groups in total. The van der Waals surface area contributed by atoms with Crippen LogP contribution in [0.1, 0.15) is 10.4 Å². The largest absolute Gasteiger partial charge is 0.488 e. The molecule has 0 atom stereocenters. The summed E-state index contributed by atoms with van der Waals surface area (Å²) in [7, 11) is 0. The van der Waals surface area contributed by atoms with Crippen molar-refractivity contribution < 1.29 is 14.4 Å². The Kier molecular flexibility index (Phi) is 5.83. The van der Waals surface area contributed by atoms with Gasteiger partial charge in [-0.2, -0.15) is 0 Å². The Hall–Kier alpha value is -2.83. The molecule has 2 aromatic carbocycles. The molecule has 7 heteroatoms. The van der Waals surface area contributed by atoms with E-state index in [9.17, 15) is 9.59 Å². The number of ether oxygens (including phenoxy) is 1. The van der Waals surface area contributed by atoms with Crippen molar-refractivity contribution in [3.8, 4) is 5.75 Å². The molecular formula is C22H23ClN3O3+. The molecule has 0 aliphatic carbocycles. The average molecular weight is 413 g/mol. The minimum absolute atomic E-state index is 0.0798. The van der Waals surface area contributed by atoms with E-state index >= 15 is 0 Å². The number of aromatic amines is 1. The summed E-state index contributed by atoms with van der Waals surface area (Å²) in [4.78, 5) is 31.0. The molecule has 1 aromatic heterocycles. The van der Waals surface area contributed by atoms with Gasteiger partial charge in [0.2, 0.25) is 5.56 Å². The molecule has 1 amide bonds. The normalized spacial score (nSPS) is 14.9. The first-order valence-electron chi connectivity index (χ1n) is 9.73. The number of aromatic nitrogens is 1. The minimum atomic E-state index is -0.254. The third-order valence-electron chi connectivity index (χ3n) is 5.28. The van der Waals surface area contributed by atoms with Gasteiger partial charge in [-0.05, 0) is 30.3 Å². The van der Waals surface area contributed by atoms with E-state index in [0.29, 0.717) is 35.8 Å². The zero-order valence-corrected chi connectivity index (χ0v) is 16.7. The monoisotopic (exact) mass is 412 g/mol. The second-order valence-corrected chi connectivity index (χ2v) is 7.62. The van der Waals surface area contributed by atoms with Crippen molar-refractivity contribution in [2.24, 2.45) is 0 Å². The number of fused-ring (bicyclic) bond motifs is 1. The Balaban J connectivity index is 1.33. The molecule has 0 spiro atoms. The molecule has 1 aliphatic rings. The number of H-pyrrole nitrogens is 1. The van der Waals surface area contributed by atoms with Gasteiger partial charge >= 0.3 is 0 Å². The molecular weight excluding hydrogens is 390 g/mol. The van der Waals surface area contributed by atoms with E-state index < -0.39 is 0 Å². The number of quaternary nitrogens is 1. The summed E-state index contributed by atoms with van der Waals surface area (Å²) in [6.45, 7) is 4.53. The summed E-state index contributed by atoms with van der Waals surface area (Å²) in [6.07, 6.45) is 0. The van der Waals surface area contributed by atoms with E-state index in [1.54, 1.807) is 0 Å². The highest BCUT2D eigenvalue weighted by molar-refractivity contribution is 6.30. The lowest BCUT2D eigenvalue weighted by Crippen LogP contribution is -3.15. The third kappa shape index (κ3) is 4.60. The molecule has 0 unspecified atom stereocenters. The fraction of sp³-hybridized carbons (Fsp3) is 0.273. The second-order valence-electron chi connectivity index (χ2n) is 7.19. The highest BCUT2D eigenvalue weighted by Gasteiger charge is 2.25. The van der Waals surface area contributed by atoms with Crippen LogP contribution in [0.5, 0.6) is 5.75 Å². The number of piperazine rings is 1. The van der Waals surface area contributed by atoms with Crippen molar-refractivity contribution in [1.29, 1.82) is 0 Å². The lowest BCUT2D eigenvalue weighted by molar-refractivity contribution is -0.903. The Labute approximate surface area is 173 Å². The minimum Gasteiger partial charge on any atom is -0.488 e. The van der Waals surface area contributed by atoms with Crippen LogP contribution in [0.25, 0.3) is 10.9 Å². The first-order valence-corrected chi connectivity index (χ1v) is 10.1. The molecule has 150 valence electrons. The van der Waals surface area contributed by atoms with Crippen LogP contribution in [0.2, 0.25) is 5.02 Å². The van der Waals surface area contributed by atoms with Gasteiger partial charge in [0.1, 0.15) is 18.9 Å². The lowest BCUT2D eigenvalue weighted by atomic mass is 10.1. The van der Waals surface area contributed by atoms with E-state index in [-0.39, 0.29) is 11.5 Å². The number of pyridine rings is 1. The van der Waals surface area contributed by atoms with Crippen molar-refractivity contribution in [3.05, 3.63) is 75.5 Å². The molecule has 3 aromatic rings. The lowest BCUT2D eigenvalue weighted by Gasteiger charge is -2.32. The maximum absolute atomic E-state index is 13.0. The van der Waals surface area contributed by atoms with Gasteiger partial charge in [-0.3, -0.25) is 9.59 Å². The van der Waals surface area contributed by atoms with E-state index in [1.807, 2.05) is 53.4 Å². The number of amides is 1. The Morgan fingerprint density at radius 3 is 2.59 bits per heavy atom. The number of nitrogens with zero attached hydrogens (tertiary/aromatic N) is 1. The highest BCUT2D eigenvalue weighted by Crippen LogP contribution is 2.17. The van der Waals surface area contributed by atoms with Crippen molar-refractivity contribution >= 4 is 28.4 Å². The number of halogens is 1. The molecule has 1 aliphatic heterocycles. The summed E-state index contributed by atoms with van der Waals surface area (Å²) in [5.41, 5.74) is 0.904.